The van der Waals surface area contributed by atoms with Gasteiger partial charge in [0.2, 0.25) is 0 Å². The van der Waals surface area contributed by atoms with Gasteiger partial charge in [0.1, 0.15) is 17.3 Å². The van der Waals surface area contributed by atoms with E-state index in [1.807, 2.05) is 42.5 Å². The van der Waals surface area contributed by atoms with Gasteiger partial charge in [-0.15, -0.1) is 0 Å². The number of pyridine rings is 1. The normalized spacial score (nSPS) is 13.8. The predicted octanol–water partition coefficient (Wildman–Crippen LogP) is 4.51. The van der Waals surface area contributed by atoms with Crippen molar-refractivity contribution in [3.63, 3.8) is 0 Å². The molecule has 4 aromatic rings. The molecular weight excluding hydrogens is 388 g/mol. The number of ketones is 1. The summed E-state index contributed by atoms with van der Waals surface area (Å²) in [6.45, 7) is 3.07. The summed E-state index contributed by atoms with van der Waals surface area (Å²) >= 11 is 0. The molecule has 1 fully saturated rings. The van der Waals surface area contributed by atoms with E-state index in [4.69, 9.17) is 14.7 Å². The number of fused-ring (bicyclic) bond motifs is 1. The van der Waals surface area contributed by atoms with E-state index in [1.54, 1.807) is 13.3 Å². The lowest BCUT2D eigenvalue weighted by Crippen LogP contribution is -2.46. The smallest absolute Gasteiger partial charge is 0.179 e. The van der Waals surface area contributed by atoms with Crippen LogP contribution in [0.15, 0.2) is 66.9 Å². The Balaban J connectivity index is 1.46. The van der Waals surface area contributed by atoms with Crippen LogP contribution in [-0.4, -0.2) is 40.9 Å². The summed E-state index contributed by atoms with van der Waals surface area (Å²) < 4.78 is 5.37. The first-order valence-electron chi connectivity index (χ1n) is 10.3. The van der Waals surface area contributed by atoms with Crippen LogP contribution in [0.4, 0.5) is 5.82 Å². The van der Waals surface area contributed by atoms with E-state index in [0.29, 0.717) is 5.69 Å². The minimum Gasteiger partial charge on any atom is -0.497 e. The molecule has 0 N–H and O–H groups in total. The van der Waals surface area contributed by atoms with Crippen LogP contribution in [0.2, 0.25) is 0 Å². The third kappa shape index (κ3) is 3.61. The number of ether oxygens (including phenoxy) is 1. The molecule has 2 aromatic heterocycles. The van der Waals surface area contributed by atoms with Gasteiger partial charge in [0.25, 0.3) is 0 Å². The van der Waals surface area contributed by atoms with Crippen LogP contribution in [0, 0.1) is 0 Å². The van der Waals surface area contributed by atoms with Crippen molar-refractivity contribution in [2.75, 3.05) is 25.1 Å². The minimum absolute atomic E-state index is 0.0849. The second kappa shape index (κ2) is 7.80. The molecule has 0 unspecified atom stereocenters. The second-order valence-corrected chi connectivity index (χ2v) is 7.74. The van der Waals surface area contributed by atoms with E-state index in [0.717, 1.165) is 52.5 Å². The highest BCUT2D eigenvalue weighted by molar-refractivity contribution is 5.92. The zero-order valence-corrected chi connectivity index (χ0v) is 17.4. The number of hydrogen-bond acceptors (Lipinski definition) is 6. The molecule has 6 nitrogen and oxygen atoms in total. The number of carbonyl (C=O) groups excluding carboxylic acids is 1. The SMILES string of the molecule is COc1cccc(-c2ncc(C(C)=O)nc2C2CN(c3ccc4ccccc4n3)C2)c1. The Labute approximate surface area is 180 Å². The summed E-state index contributed by atoms with van der Waals surface area (Å²) in [7, 11) is 1.64. The van der Waals surface area contributed by atoms with Crippen LogP contribution >= 0.6 is 0 Å². The quantitative estimate of drug-likeness (QED) is 0.451. The molecule has 5 rings (SSSR count). The molecule has 0 amide bonds. The van der Waals surface area contributed by atoms with Crippen molar-refractivity contribution in [1.82, 2.24) is 15.0 Å². The molecule has 0 radical (unpaired) electrons. The number of benzene rings is 2. The van der Waals surface area contributed by atoms with Gasteiger partial charge in [-0.25, -0.2) is 9.97 Å². The average Bonchev–Trinajstić information content (AvgIpc) is 2.78. The van der Waals surface area contributed by atoms with E-state index in [9.17, 15) is 4.79 Å². The predicted molar refractivity (Wildman–Crippen MR) is 121 cm³/mol. The van der Waals surface area contributed by atoms with Gasteiger partial charge in [-0.1, -0.05) is 30.3 Å². The number of Topliss-reactive ketones (excluding diaryl/α,β-unsaturated/α-hetero) is 1. The Bertz CT molecular complexity index is 1280. The minimum atomic E-state index is -0.0849. The Hall–Kier alpha value is -3.80. The van der Waals surface area contributed by atoms with Crippen molar-refractivity contribution >= 4 is 22.5 Å². The maximum Gasteiger partial charge on any atom is 0.179 e. The first-order valence-corrected chi connectivity index (χ1v) is 10.3. The number of rotatable bonds is 5. The van der Waals surface area contributed by atoms with Gasteiger partial charge in [0, 0.05) is 36.9 Å². The summed E-state index contributed by atoms with van der Waals surface area (Å²) in [6, 6.07) is 20.0. The fraction of sp³-hybridized carbons (Fsp3) is 0.200. The zero-order valence-electron chi connectivity index (χ0n) is 17.4. The van der Waals surface area contributed by atoms with Crippen LogP contribution < -0.4 is 9.64 Å². The van der Waals surface area contributed by atoms with Gasteiger partial charge < -0.3 is 9.64 Å². The van der Waals surface area contributed by atoms with Gasteiger partial charge in [-0.3, -0.25) is 9.78 Å². The Morgan fingerprint density at radius 3 is 2.68 bits per heavy atom. The summed E-state index contributed by atoms with van der Waals surface area (Å²) in [5.41, 5.74) is 3.94. The van der Waals surface area contributed by atoms with E-state index < -0.39 is 0 Å². The van der Waals surface area contributed by atoms with Gasteiger partial charge >= 0.3 is 0 Å². The van der Waals surface area contributed by atoms with Crippen molar-refractivity contribution < 1.29 is 9.53 Å². The van der Waals surface area contributed by atoms with E-state index >= 15 is 0 Å². The molecule has 0 bridgehead atoms. The molecule has 0 atom stereocenters. The van der Waals surface area contributed by atoms with Gasteiger partial charge in [-0.2, -0.15) is 0 Å². The topological polar surface area (TPSA) is 68.2 Å². The fourth-order valence-corrected chi connectivity index (χ4v) is 3.92. The fourth-order valence-electron chi connectivity index (χ4n) is 3.92. The molecule has 31 heavy (non-hydrogen) atoms. The molecule has 1 aliphatic heterocycles. The van der Waals surface area contributed by atoms with Crippen molar-refractivity contribution in [3.8, 4) is 17.0 Å². The number of carbonyl (C=O) groups is 1. The number of methoxy groups -OCH3 is 1. The highest BCUT2D eigenvalue weighted by Crippen LogP contribution is 2.35. The van der Waals surface area contributed by atoms with Gasteiger partial charge in [0.15, 0.2) is 5.78 Å². The maximum atomic E-state index is 11.9. The molecule has 6 heteroatoms. The Kier molecular flexibility index (Phi) is 4.82. The third-order valence-electron chi connectivity index (χ3n) is 5.68. The highest BCUT2D eigenvalue weighted by Gasteiger charge is 2.33. The number of hydrogen-bond donors (Lipinski definition) is 0. The van der Waals surface area contributed by atoms with E-state index in [1.165, 1.54) is 6.92 Å². The van der Waals surface area contributed by atoms with Gasteiger partial charge in [0.05, 0.1) is 30.2 Å². The number of nitrogens with zero attached hydrogens (tertiary/aromatic N) is 4. The zero-order chi connectivity index (χ0) is 21.4. The molecule has 1 aliphatic rings. The standard InChI is InChI=1S/C25H22N4O2/c1-16(30)22-13-26-24(18-7-5-8-20(12-18)31-2)25(28-22)19-14-29(15-19)23-11-10-17-6-3-4-9-21(17)27-23/h3-13,19H,14-15H2,1-2H3. The largest absolute Gasteiger partial charge is 0.497 e. The van der Waals surface area contributed by atoms with Crippen LogP contribution in [-0.2, 0) is 0 Å². The van der Waals surface area contributed by atoms with Crippen LogP contribution in [0.25, 0.3) is 22.2 Å². The first kappa shape index (κ1) is 19.2. The van der Waals surface area contributed by atoms with Crippen LogP contribution in [0.5, 0.6) is 5.75 Å². The lowest BCUT2D eigenvalue weighted by Gasteiger charge is -2.40. The molecule has 2 aromatic carbocycles. The van der Waals surface area contributed by atoms with E-state index in [-0.39, 0.29) is 11.7 Å². The van der Waals surface area contributed by atoms with Crippen LogP contribution in [0.1, 0.15) is 29.0 Å². The second-order valence-electron chi connectivity index (χ2n) is 7.74. The summed E-state index contributed by atoms with van der Waals surface area (Å²) in [6.07, 6.45) is 1.56. The Morgan fingerprint density at radius 2 is 1.87 bits per heavy atom. The average molecular weight is 410 g/mol. The number of anilines is 1. The molecule has 3 heterocycles. The highest BCUT2D eigenvalue weighted by atomic mass is 16.5. The summed E-state index contributed by atoms with van der Waals surface area (Å²) in [4.78, 5) is 28.3. The van der Waals surface area contributed by atoms with Gasteiger partial charge in [-0.05, 0) is 30.3 Å². The molecule has 0 spiro atoms. The lowest BCUT2D eigenvalue weighted by atomic mass is 9.92. The Morgan fingerprint density at radius 1 is 1.03 bits per heavy atom. The van der Waals surface area contributed by atoms with Crippen molar-refractivity contribution in [1.29, 1.82) is 0 Å². The van der Waals surface area contributed by atoms with Crippen molar-refractivity contribution in [2.45, 2.75) is 12.8 Å². The van der Waals surface area contributed by atoms with Crippen molar-refractivity contribution in [3.05, 3.63) is 78.2 Å². The van der Waals surface area contributed by atoms with Crippen molar-refractivity contribution in [2.24, 2.45) is 0 Å². The number of para-hydroxylation sites is 1. The third-order valence-corrected chi connectivity index (χ3v) is 5.68. The molecule has 1 saturated heterocycles. The monoisotopic (exact) mass is 410 g/mol. The summed E-state index contributed by atoms with van der Waals surface area (Å²) in [5, 5.41) is 1.13. The molecule has 0 aliphatic carbocycles. The summed E-state index contributed by atoms with van der Waals surface area (Å²) in [5.74, 6) is 1.80. The maximum absolute atomic E-state index is 11.9. The lowest BCUT2D eigenvalue weighted by molar-refractivity contribution is 0.101. The van der Waals surface area contributed by atoms with Crippen LogP contribution in [0.3, 0.4) is 0 Å². The first-order chi connectivity index (χ1) is 15.1. The molecule has 154 valence electrons. The molecular formula is C25H22N4O2. The number of aromatic nitrogens is 3. The molecule has 0 saturated carbocycles. The van der Waals surface area contributed by atoms with E-state index in [2.05, 4.69) is 28.1 Å².